The number of benzene rings is 1. The molecular formula is C21H32BF4N5O3. The zero-order chi connectivity index (χ0) is 25.9. The predicted octanol–water partition coefficient (Wildman–Crippen LogP) is 4.05. The van der Waals surface area contributed by atoms with Gasteiger partial charge in [0.25, 0.3) is 11.5 Å². The van der Waals surface area contributed by atoms with E-state index in [2.05, 4.69) is 28.4 Å². The molecule has 13 heteroatoms. The number of halogens is 4. The van der Waals surface area contributed by atoms with E-state index in [1.807, 2.05) is 24.2 Å². The number of aromatic nitrogens is 2. The van der Waals surface area contributed by atoms with Gasteiger partial charge >= 0.3 is 7.25 Å². The maximum atomic E-state index is 11.3. The number of unbranched alkanes of at least 4 members (excludes halogenated alkanes) is 1. The molecule has 1 fully saturated rings. The molecule has 0 unspecified atom stereocenters. The molecule has 1 amide bonds. The van der Waals surface area contributed by atoms with Gasteiger partial charge in [-0.1, -0.05) is 13.3 Å². The lowest BCUT2D eigenvalue weighted by atomic mass is 10.1. The Morgan fingerprint density at radius 3 is 2.21 bits per heavy atom. The van der Waals surface area contributed by atoms with Crippen LogP contribution in [0, 0.1) is 17.0 Å². The summed E-state index contributed by atoms with van der Waals surface area (Å²) in [5, 5.41) is 10.7. The first kappa shape index (κ1) is 28.9. The maximum absolute atomic E-state index is 11.3. The number of hydrogen-bond acceptors (Lipinski definition) is 4. The Morgan fingerprint density at radius 2 is 1.79 bits per heavy atom. The summed E-state index contributed by atoms with van der Waals surface area (Å²) >= 11 is 0. The predicted molar refractivity (Wildman–Crippen MR) is 123 cm³/mol. The first-order valence-corrected chi connectivity index (χ1v) is 11.0. The molecule has 34 heavy (non-hydrogen) atoms. The average molecular weight is 489 g/mol. The number of nitro benzene ring substituents is 1. The number of nitro groups is 1. The highest BCUT2D eigenvalue weighted by Crippen LogP contribution is 2.25. The van der Waals surface area contributed by atoms with Crippen LogP contribution in [0.2, 0.25) is 0 Å². The number of H-pyrrole nitrogens is 1. The van der Waals surface area contributed by atoms with Crippen LogP contribution in [0.25, 0.3) is 0 Å². The number of aryl methyl sites for hydroxylation is 3. The molecule has 1 saturated heterocycles. The van der Waals surface area contributed by atoms with Gasteiger partial charge in [0.15, 0.2) is 0 Å². The molecule has 0 aliphatic carbocycles. The van der Waals surface area contributed by atoms with Crippen molar-refractivity contribution in [2.24, 2.45) is 7.05 Å². The van der Waals surface area contributed by atoms with Gasteiger partial charge in [-0.25, -0.2) is 9.55 Å². The second kappa shape index (κ2) is 13.6. The Kier molecular flexibility index (Phi) is 11.5. The van der Waals surface area contributed by atoms with Gasteiger partial charge in [0.1, 0.15) is 12.4 Å². The third-order valence-electron chi connectivity index (χ3n) is 5.20. The van der Waals surface area contributed by atoms with Crippen LogP contribution in [0.3, 0.4) is 0 Å². The minimum Gasteiger partial charge on any atom is -0.418 e. The molecule has 0 saturated carbocycles. The van der Waals surface area contributed by atoms with Crippen LogP contribution in [0.1, 0.15) is 38.1 Å². The number of rotatable bonds is 5. The van der Waals surface area contributed by atoms with Crippen molar-refractivity contribution in [3.63, 3.8) is 0 Å². The van der Waals surface area contributed by atoms with Gasteiger partial charge in [0, 0.05) is 57.3 Å². The van der Waals surface area contributed by atoms with Gasteiger partial charge < -0.3 is 27.1 Å². The van der Waals surface area contributed by atoms with Crippen LogP contribution in [0.4, 0.5) is 28.6 Å². The molecule has 0 bridgehead atoms. The number of carbonyl (C=O) groups excluding carboxylic acids is 1. The average Bonchev–Trinajstić information content (AvgIpc) is 3.16. The van der Waals surface area contributed by atoms with Crippen LogP contribution in [0.5, 0.6) is 0 Å². The van der Waals surface area contributed by atoms with Crippen molar-refractivity contribution in [3.8, 4) is 0 Å². The molecule has 1 N–H and O–H groups in total. The normalized spacial score (nSPS) is 13.4. The number of hydrogen-bond donors (Lipinski definition) is 1. The fourth-order valence-electron chi connectivity index (χ4n) is 3.40. The third kappa shape index (κ3) is 10.7. The van der Waals surface area contributed by atoms with E-state index in [0.29, 0.717) is 13.1 Å². The van der Waals surface area contributed by atoms with Crippen LogP contribution in [-0.4, -0.2) is 54.1 Å². The molecule has 2 aromatic rings. The van der Waals surface area contributed by atoms with Gasteiger partial charge in [0.05, 0.1) is 12.0 Å². The molecule has 0 spiro atoms. The quantitative estimate of drug-likeness (QED) is 0.226. The van der Waals surface area contributed by atoms with E-state index in [1.165, 1.54) is 31.2 Å². The van der Waals surface area contributed by atoms with Crippen LogP contribution < -0.4 is 9.47 Å². The molecule has 2 heterocycles. The third-order valence-corrected chi connectivity index (χ3v) is 5.20. The zero-order valence-corrected chi connectivity index (χ0v) is 19.9. The van der Waals surface area contributed by atoms with Gasteiger partial charge in [-0.2, -0.15) is 0 Å². The van der Waals surface area contributed by atoms with Gasteiger partial charge in [-0.05, 0) is 25.0 Å². The fourth-order valence-corrected chi connectivity index (χ4v) is 3.40. The Hall–Kier alpha value is -3.12. The van der Waals surface area contributed by atoms with E-state index in [4.69, 9.17) is 0 Å². The first-order valence-electron chi connectivity index (χ1n) is 11.0. The number of piperazine rings is 1. The number of anilines is 1. The Labute approximate surface area is 196 Å². The summed E-state index contributed by atoms with van der Waals surface area (Å²) in [7, 11) is -3.93. The second-order valence-electron chi connectivity index (χ2n) is 7.84. The number of nitrogens with zero attached hydrogens (tertiary/aromatic N) is 4. The Balaban J connectivity index is 0.000000321. The lowest BCUT2D eigenvalue weighted by Crippen LogP contribution is -2.48. The summed E-state index contributed by atoms with van der Waals surface area (Å²) in [6, 6.07) is 4.91. The molecule has 0 radical (unpaired) electrons. The van der Waals surface area contributed by atoms with E-state index in [9.17, 15) is 32.2 Å². The molecule has 1 aromatic heterocycles. The standard InChI is InChI=1S/C13H17N3O3.C8H14N2.BF4/c1-10-9-12(16(18)19)3-4-13(10)15-7-5-14(6-8-15)11(2)17;1-3-4-5-8-9-6-7-10(8)2;2-1(3,4)5/h3-4,9H,5-8H2,1-2H3;6-7H,3-5H2,1-2H3;/q;;-1/p+1. The molecule has 3 rings (SSSR count). The van der Waals surface area contributed by atoms with E-state index >= 15 is 0 Å². The lowest BCUT2D eigenvalue weighted by molar-refractivity contribution is -0.677. The van der Waals surface area contributed by atoms with Crippen molar-refractivity contribution in [2.75, 3.05) is 31.1 Å². The van der Waals surface area contributed by atoms with Gasteiger partial charge in [-0.15, -0.1) is 0 Å². The zero-order valence-electron chi connectivity index (χ0n) is 19.9. The summed E-state index contributed by atoms with van der Waals surface area (Å²) in [4.78, 5) is 28.8. The highest BCUT2D eigenvalue weighted by atomic mass is 19.5. The van der Waals surface area contributed by atoms with E-state index in [-0.39, 0.29) is 16.5 Å². The highest BCUT2D eigenvalue weighted by Gasteiger charge is 2.21. The number of non-ortho nitro benzene ring substituents is 1. The second-order valence-corrected chi connectivity index (χ2v) is 7.84. The number of carbonyl (C=O) groups is 1. The molecule has 190 valence electrons. The number of imidazole rings is 1. The van der Waals surface area contributed by atoms with Gasteiger partial charge in [0.2, 0.25) is 5.91 Å². The number of nitrogens with one attached hydrogen (secondary N) is 1. The minimum atomic E-state index is -6.00. The lowest BCUT2D eigenvalue weighted by Gasteiger charge is -2.36. The van der Waals surface area contributed by atoms with Crippen LogP contribution in [-0.2, 0) is 18.3 Å². The van der Waals surface area contributed by atoms with E-state index < -0.39 is 7.25 Å². The highest BCUT2D eigenvalue weighted by molar-refractivity contribution is 6.50. The maximum Gasteiger partial charge on any atom is 0.673 e. The molecule has 8 nitrogen and oxygen atoms in total. The summed E-state index contributed by atoms with van der Waals surface area (Å²) in [6.45, 7) is 8.59. The first-order chi connectivity index (χ1) is 15.8. The molecule has 1 aromatic carbocycles. The Morgan fingerprint density at radius 1 is 1.21 bits per heavy atom. The summed E-state index contributed by atoms with van der Waals surface area (Å²) in [6.07, 6.45) is 7.73. The van der Waals surface area contributed by atoms with Gasteiger partial charge in [-0.3, -0.25) is 14.9 Å². The fraction of sp³-hybridized carbons (Fsp3) is 0.524. The summed E-state index contributed by atoms with van der Waals surface area (Å²) in [5.41, 5.74) is 2.02. The monoisotopic (exact) mass is 489 g/mol. The topological polar surface area (TPSA) is 86.4 Å². The van der Waals surface area contributed by atoms with Crippen molar-refractivity contribution in [1.82, 2.24) is 9.88 Å². The van der Waals surface area contributed by atoms with Crippen molar-refractivity contribution >= 4 is 24.5 Å². The molecular weight excluding hydrogens is 457 g/mol. The number of aromatic amines is 1. The SMILES string of the molecule is CC(=O)N1CCN(c2ccc([N+](=O)[O-])cc2C)CC1.CCCCc1[nH]cc[n+]1C.F[B-](F)(F)F. The molecule has 0 atom stereocenters. The van der Waals surface area contributed by atoms with E-state index in [0.717, 1.165) is 24.3 Å². The summed E-state index contributed by atoms with van der Waals surface area (Å²) < 4.78 is 41.1. The van der Waals surface area contributed by atoms with Crippen molar-refractivity contribution < 1.29 is 31.5 Å². The van der Waals surface area contributed by atoms with Crippen LogP contribution >= 0.6 is 0 Å². The van der Waals surface area contributed by atoms with Crippen molar-refractivity contribution in [3.05, 3.63) is 52.1 Å². The van der Waals surface area contributed by atoms with E-state index in [1.54, 1.807) is 19.1 Å². The Bertz CT molecular complexity index is 925. The molecule has 1 aliphatic rings. The van der Waals surface area contributed by atoms with Crippen molar-refractivity contribution in [1.29, 1.82) is 0 Å². The van der Waals surface area contributed by atoms with Crippen molar-refractivity contribution in [2.45, 2.75) is 40.0 Å². The smallest absolute Gasteiger partial charge is 0.418 e. The minimum absolute atomic E-state index is 0.0973. The largest absolute Gasteiger partial charge is 0.673 e. The van der Waals surface area contributed by atoms with Crippen LogP contribution in [0.15, 0.2) is 30.6 Å². The number of amides is 1. The summed E-state index contributed by atoms with van der Waals surface area (Å²) in [5.74, 6) is 1.42. The molecule has 1 aliphatic heterocycles.